The van der Waals surface area contributed by atoms with Crippen molar-refractivity contribution in [2.75, 3.05) is 6.61 Å². The van der Waals surface area contributed by atoms with E-state index in [1.54, 1.807) is 39.0 Å². The molecule has 3 aliphatic carbocycles. The average molecular weight is 626 g/mol. The standard InChI is InChI=1S/C31H38O11.K/c1-15-19(34)13-31(38)26(41-27(37)18-10-8-7-9-11-18)24-29(6,20(35)12-21-30(24,14-39-21)42-17(3)33)25(36)23(40-16(2)32)22(15)28(31,4)5;/h7-11,19-21,23-24,26,34-35,38H,12-14H2,1-6H3;/q;+1/t19-,20-,21+,23+,24?,26-,29+,30-,31+;/m0./s1. The van der Waals surface area contributed by atoms with Gasteiger partial charge in [0, 0.05) is 32.1 Å². The van der Waals surface area contributed by atoms with E-state index in [9.17, 15) is 34.5 Å². The van der Waals surface area contributed by atoms with Crippen LogP contribution in [-0.4, -0.2) is 87.3 Å². The molecule has 1 aliphatic heterocycles. The van der Waals surface area contributed by atoms with E-state index in [2.05, 4.69) is 0 Å². The van der Waals surface area contributed by atoms with Gasteiger partial charge < -0.3 is 34.3 Å². The Morgan fingerprint density at radius 1 is 1.00 bits per heavy atom. The number of aliphatic hydroxyl groups excluding tert-OH is 2. The third-order valence-corrected chi connectivity index (χ3v) is 10.2. The molecule has 1 heterocycles. The summed E-state index contributed by atoms with van der Waals surface area (Å²) < 4.78 is 23.5. The maximum Gasteiger partial charge on any atom is 1.00 e. The minimum atomic E-state index is -2.11. The van der Waals surface area contributed by atoms with Crippen molar-refractivity contribution in [3.8, 4) is 0 Å². The summed E-state index contributed by atoms with van der Waals surface area (Å²) in [4.78, 5) is 53.4. The second kappa shape index (κ2) is 11.7. The molecule has 0 spiro atoms. The van der Waals surface area contributed by atoms with Gasteiger partial charge in [0.2, 0.25) is 0 Å². The molecule has 0 aromatic heterocycles. The Balaban J connectivity index is 0.00000423. The molecule has 43 heavy (non-hydrogen) atoms. The molecular weight excluding hydrogens is 587 g/mol. The fourth-order valence-corrected chi connectivity index (χ4v) is 7.91. The Morgan fingerprint density at radius 2 is 1.63 bits per heavy atom. The monoisotopic (exact) mass is 625 g/mol. The number of hydrogen-bond donors (Lipinski definition) is 3. The van der Waals surface area contributed by atoms with Crippen LogP contribution in [0.5, 0.6) is 0 Å². The maximum absolute atomic E-state index is 14.8. The molecule has 1 aromatic rings. The molecule has 11 nitrogen and oxygen atoms in total. The van der Waals surface area contributed by atoms with Crippen LogP contribution in [0.4, 0.5) is 0 Å². The number of Topliss-reactive ketones (excluding diaryl/α,β-unsaturated/α-hetero) is 1. The molecule has 1 aromatic carbocycles. The summed E-state index contributed by atoms with van der Waals surface area (Å²) in [5, 5.41) is 35.8. The number of benzene rings is 1. The van der Waals surface area contributed by atoms with Crippen molar-refractivity contribution in [3.63, 3.8) is 0 Å². The van der Waals surface area contributed by atoms with E-state index in [1.807, 2.05) is 0 Å². The number of carbonyl (C=O) groups is 4. The molecule has 5 rings (SSSR count). The predicted octanol–water partition coefficient (Wildman–Crippen LogP) is -1.34. The van der Waals surface area contributed by atoms with Crippen molar-refractivity contribution in [3.05, 3.63) is 47.0 Å². The van der Waals surface area contributed by atoms with E-state index >= 15 is 0 Å². The molecule has 228 valence electrons. The van der Waals surface area contributed by atoms with Crippen LogP contribution in [0.15, 0.2) is 41.5 Å². The molecule has 4 aliphatic rings. The molecule has 1 saturated heterocycles. The summed E-state index contributed by atoms with van der Waals surface area (Å²) in [7, 11) is 0. The molecule has 2 saturated carbocycles. The first-order valence-electron chi connectivity index (χ1n) is 14.1. The van der Waals surface area contributed by atoms with Gasteiger partial charge in [0.25, 0.3) is 0 Å². The van der Waals surface area contributed by atoms with E-state index < -0.39 is 82.2 Å². The summed E-state index contributed by atoms with van der Waals surface area (Å²) in [6.07, 6.45) is -7.27. The van der Waals surface area contributed by atoms with E-state index in [4.69, 9.17) is 18.9 Å². The van der Waals surface area contributed by atoms with Crippen molar-refractivity contribution < 1.29 is 105 Å². The van der Waals surface area contributed by atoms with Crippen LogP contribution < -0.4 is 51.4 Å². The maximum atomic E-state index is 14.8. The largest absolute Gasteiger partial charge is 1.00 e. The summed E-state index contributed by atoms with van der Waals surface area (Å²) >= 11 is 0. The van der Waals surface area contributed by atoms with E-state index in [1.165, 1.54) is 26.0 Å². The van der Waals surface area contributed by atoms with Gasteiger partial charge in [0.15, 0.2) is 17.5 Å². The number of fused-ring (bicyclic) bond motifs is 5. The number of esters is 3. The van der Waals surface area contributed by atoms with E-state index in [-0.39, 0.29) is 82.0 Å². The van der Waals surface area contributed by atoms with Crippen LogP contribution in [0.1, 0.15) is 64.7 Å². The van der Waals surface area contributed by atoms with Crippen molar-refractivity contribution in [2.45, 2.75) is 96.1 Å². The third kappa shape index (κ3) is 5.01. The Kier molecular flexibility index (Phi) is 9.36. The number of hydrogen-bond acceptors (Lipinski definition) is 11. The molecule has 3 N–H and O–H groups in total. The van der Waals surface area contributed by atoms with Crippen LogP contribution in [0.2, 0.25) is 0 Å². The van der Waals surface area contributed by atoms with Crippen molar-refractivity contribution >= 4 is 23.7 Å². The van der Waals surface area contributed by atoms with Gasteiger partial charge in [0.1, 0.15) is 17.8 Å². The number of rotatable bonds is 4. The molecule has 3 fully saturated rings. The second-order valence-electron chi connectivity index (χ2n) is 12.8. The average Bonchev–Trinajstić information content (AvgIpc) is 2.90. The number of aliphatic hydroxyl groups is 3. The zero-order chi connectivity index (χ0) is 31.0. The second-order valence-corrected chi connectivity index (χ2v) is 12.8. The molecule has 12 heteroatoms. The minimum absolute atomic E-state index is 0. The number of ether oxygens (including phenoxy) is 4. The van der Waals surface area contributed by atoms with Crippen molar-refractivity contribution in [1.29, 1.82) is 0 Å². The van der Waals surface area contributed by atoms with Crippen LogP contribution >= 0.6 is 0 Å². The van der Waals surface area contributed by atoms with Gasteiger partial charge in [-0.2, -0.15) is 0 Å². The van der Waals surface area contributed by atoms with Gasteiger partial charge in [-0.05, 0) is 37.1 Å². The topological polar surface area (TPSA) is 166 Å². The van der Waals surface area contributed by atoms with Crippen molar-refractivity contribution in [2.24, 2.45) is 16.7 Å². The normalized spacial score (nSPS) is 39.4. The molecule has 2 bridgehead atoms. The van der Waals surface area contributed by atoms with Gasteiger partial charge in [0.05, 0.1) is 35.7 Å². The summed E-state index contributed by atoms with van der Waals surface area (Å²) in [5.74, 6) is -4.41. The first-order valence-corrected chi connectivity index (χ1v) is 14.1. The van der Waals surface area contributed by atoms with Crippen LogP contribution in [0.3, 0.4) is 0 Å². The SMILES string of the molecule is CC(=O)O[C@H]1C(=O)[C@@]2(C)C([C@H](OC(=O)c3ccccc3)[C@]3(O)C[C@H](O)C(C)=C1C3(C)C)[C@]1(OC(C)=O)CO[C@@H]1C[C@@H]2O.[K+]. The van der Waals surface area contributed by atoms with Gasteiger partial charge in [-0.15, -0.1) is 0 Å². The van der Waals surface area contributed by atoms with Crippen LogP contribution in [0, 0.1) is 16.7 Å². The van der Waals surface area contributed by atoms with Gasteiger partial charge >= 0.3 is 69.3 Å². The first kappa shape index (κ1) is 34.4. The Labute approximate surface area is 292 Å². The smallest absolute Gasteiger partial charge is 0.455 e. The summed E-state index contributed by atoms with van der Waals surface area (Å²) in [5.41, 5.74) is -6.38. The van der Waals surface area contributed by atoms with Crippen LogP contribution in [-0.2, 0) is 33.3 Å². The zero-order valence-electron chi connectivity index (χ0n) is 25.6. The Hall–Kier alpha value is -1.48. The molecule has 0 amide bonds. The molecular formula is C31H38KO11+. The fourth-order valence-electron chi connectivity index (χ4n) is 7.91. The molecule has 9 atom stereocenters. The van der Waals surface area contributed by atoms with Gasteiger partial charge in [-0.25, -0.2) is 4.79 Å². The molecule has 1 unspecified atom stereocenters. The predicted molar refractivity (Wildman–Crippen MR) is 145 cm³/mol. The quantitative estimate of drug-likeness (QED) is 0.157. The number of carbonyl (C=O) groups excluding carboxylic acids is 4. The third-order valence-electron chi connectivity index (χ3n) is 10.2. The number of ketones is 1. The fraction of sp³-hybridized carbons (Fsp3) is 0.613. The van der Waals surface area contributed by atoms with Crippen LogP contribution in [0.25, 0.3) is 0 Å². The zero-order valence-corrected chi connectivity index (χ0v) is 28.7. The Bertz CT molecular complexity index is 1360. The Morgan fingerprint density at radius 3 is 2.16 bits per heavy atom. The molecule has 0 radical (unpaired) electrons. The first-order chi connectivity index (χ1) is 19.5. The van der Waals surface area contributed by atoms with E-state index in [0.717, 1.165) is 6.92 Å². The summed E-state index contributed by atoms with van der Waals surface area (Å²) in [6, 6.07) is 8.05. The van der Waals surface area contributed by atoms with Gasteiger partial charge in [-0.3, -0.25) is 14.4 Å². The van der Waals surface area contributed by atoms with Gasteiger partial charge in [-0.1, -0.05) is 32.0 Å². The van der Waals surface area contributed by atoms with Crippen molar-refractivity contribution in [1.82, 2.24) is 0 Å². The summed E-state index contributed by atoms with van der Waals surface area (Å²) in [6.45, 7) is 8.42. The minimum Gasteiger partial charge on any atom is -0.455 e. The van der Waals surface area contributed by atoms with E-state index in [0.29, 0.717) is 5.57 Å².